The Morgan fingerprint density at radius 2 is 1.61 bits per heavy atom. The average Bonchev–Trinajstić information content (AvgIpc) is 2.56. The van der Waals surface area contributed by atoms with E-state index in [-0.39, 0.29) is 11.6 Å². The average molecular weight is 309 g/mol. The summed E-state index contributed by atoms with van der Waals surface area (Å²) < 4.78 is 5.34. The van der Waals surface area contributed by atoms with Crippen molar-refractivity contribution in [3.63, 3.8) is 0 Å². The van der Waals surface area contributed by atoms with Gasteiger partial charge in [0.15, 0.2) is 11.6 Å². The topological polar surface area (TPSA) is 55.4 Å². The fourth-order valence-electron chi connectivity index (χ4n) is 1.99. The zero-order valence-electron chi connectivity index (χ0n) is 13.2. The van der Waals surface area contributed by atoms with Crippen LogP contribution in [0.25, 0.3) is 0 Å². The number of hydrogen-bond acceptors (Lipinski definition) is 4. The first kappa shape index (κ1) is 16.5. The van der Waals surface area contributed by atoms with E-state index < -0.39 is 0 Å². The van der Waals surface area contributed by atoms with Crippen molar-refractivity contribution in [3.05, 3.63) is 71.9 Å². The van der Waals surface area contributed by atoms with E-state index in [1.54, 1.807) is 54.7 Å². The molecule has 0 aliphatic carbocycles. The summed E-state index contributed by atoms with van der Waals surface area (Å²) in [6.07, 6.45) is 3.05. The Hall–Kier alpha value is -2.88. The van der Waals surface area contributed by atoms with E-state index in [1.165, 1.54) is 13.0 Å². The van der Waals surface area contributed by atoms with Gasteiger partial charge in [-0.25, -0.2) is 0 Å². The van der Waals surface area contributed by atoms with Crippen LogP contribution in [0.5, 0.6) is 5.75 Å². The maximum absolute atomic E-state index is 12.0. The minimum Gasteiger partial charge on any atom is -0.494 e. The summed E-state index contributed by atoms with van der Waals surface area (Å²) >= 11 is 0. The molecule has 23 heavy (non-hydrogen) atoms. The van der Waals surface area contributed by atoms with Crippen molar-refractivity contribution in [2.45, 2.75) is 13.8 Å². The van der Waals surface area contributed by atoms with E-state index in [0.717, 1.165) is 11.4 Å². The molecule has 2 aromatic carbocycles. The number of nitrogens with one attached hydrogen (secondary N) is 1. The molecule has 1 N–H and O–H groups in total. The number of carbonyl (C=O) groups excluding carboxylic acids is 2. The van der Waals surface area contributed by atoms with Gasteiger partial charge in [0.25, 0.3) is 0 Å². The SMILES string of the molecule is CCOc1ccc(C(=O)/C=C/Nc2ccc(C(C)=O)cc2)cc1. The van der Waals surface area contributed by atoms with Crippen LogP contribution in [0.2, 0.25) is 0 Å². The molecular formula is C19H19NO3. The van der Waals surface area contributed by atoms with Gasteiger partial charge >= 0.3 is 0 Å². The summed E-state index contributed by atoms with van der Waals surface area (Å²) in [7, 11) is 0. The van der Waals surface area contributed by atoms with Crippen molar-refractivity contribution in [2.75, 3.05) is 11.9 Å². The molecule has 2 aromatic rings. The quantitative estimate of drug-likeness (QED) is 0.618. The van der Waals surface area contributed by atoms with Crippen LogP contribution in [0.1, 0.15) is 34.6 Å². The Balaban J connectivity index is 1.94. The lowest BCUT2D eigenvalue weighted by Crippen LogP contribution is -1.97. The van der Waals surface area contributed by atoms with Gasteiger partial charge < -0.3 is 10.1 Å². The molecule has 0 saturated carbocycles. The highest BCUT2D eigenvalue weighted by Gasteiger charge is 2.02. The summed E-state index contributed by atoms with van der Waals surface area (Å²) in [5.41, 5.74) is 2.06. The van der Waals surface area contributed by atoms with Crippen LogP contribution in [0.4, 0.5) is 5.69 Å². The third-order valence-corrected chi connectivity index (χ3v) is 3.23. The van der Waals surface area contributed by atoms with Gasteiger partial charge in [-0.05, 0) is 62.4 Å². The van der Waals surface area contributed by atoms with Gasteiger partial charge in [-0.2, -0.15) is 0 Å². The summed E-state index contributed by atoms with van der Waals surface area (Å²) in [6, 6.07) is 14.1. The van der Waals surface area contributed by atoms with Gasteiger partial charge in [-0.3, -0.25) is 9.59 Å². The third-order valence-electron chi connectivity index (χ3n) is 3.23. The molecule has 0 saturated heterocycles. The van der Waals surface area contributed by atoms with Crippen LogP contribution in [-0.4, -0.2) is 18.2 Å². The predicted octanol–water partition coefficient (Wildman–Crippen LogP) is 4.10. The van der Waals surface area contributed by atoms with Gasteiger partial charge in [0.1, 0.15) is 5.75 Å². The van der Waals surface area contributed by atoms with Gasteiger partial charge in [-0.1, -0.05) is 0 Å². The second-order valence-corrected chi connectivity index (χ2v) is 4.93. The molecule has 0 amide bonds. The van der Waals surface area contributed by atoms with E-state index in [0.29, 0.717) is 17.7 Å². The zero-order valence-corrected chi connectivity index (χ0v) is 13.2. The molecule has 118 valence electrons. The molecule has 4 nitrogen and oxygen atoms in total. The first-order valence-corrected chi connectivity index (χ1v) is 7.41. The molecular weight excluding hydrogens is 290 g/mol. The van der Waals surface area contributed by atoms with Crippen molar-refractivity contribution in [2.24, 2.45) is 0 Å². The monoisotopic (exact) mass is 309 g/mol. The van der Waals surface area contributed by atoms with Crippen molar-refractivity contribution in [1.82, 2.24) is 0 Å². The number of Topliss-reactive ketones (excluding diaryl/α,β-unsaturated/α-hetero) is 1. The number of ketones is 2. The Morgan fingerprint density at radius 3 is 2.17 bits per heavy atom. The highest BCUT2D eigenvalue weighted by Crippen LogP contribution is 2.13. The number of rotatable bonds is 7. The van der Waals surface area contributed by atoms with Crippen LogP contribution in [0, 0.1) is 0 Å². The van der Waals surface area contributed by atoms with Gasteiger partial charge in [0.2, 0.25) is 0 Å². The fraction of sp³-hybridized carbons (Fsp3) is 0.158. The van der Waals surface area contributed by atoms with Crippen molar-refractivity contribution in [1.29, 1.82) is 0 Å². The third kappa shape index (κ3) is 4.81. The Labute approximate surface area is 135 Å². The lowest BCUT2D eigenvalue weighted by atomic mass is 10.1. The molecule has 0 unspecified atom stereocenters. The first-order valence-electron chi connectivity index (χ1n) is 7.41. The van der Waals surface area contributed by atoms with E-state index in [1.807, 2.05) is 6.92 Å². The molecule has 0 spiro atoms. The highest BCUT2D eigenvalue weighted by atomic mass is 16.5. The number of anilines is 1. The number of ether oxygens (including phenoxy) is 1. The van der Waals surface area contributed by atoms with Crippen molar-refractivity contribution in [3.8, 4) is 5.75 Å². The predicted molar refractivity (Wildman–Crippen MR) is 91.2 cm³/mol. The second kappa shape index (κ2) is 7.94. The van der Waals surface area contributed by atoms with Gasteiger partial charge in [0.05, 0.1) is 6.61 Å². The number of benzene rings is 2. The lowest BCUT2D eigenvalue weighted by Gasteiger charge is -2.03. The summed E-state index contributed by atoms with van der Waals surface area (Å²) in [5, 5.41) is 3.01. The zero-order chi connectivity index (χ0) is 16.7. The molecule has 0 radical (unpaired) electrons. The minimum atomic E-state index is -0.0964. The van der Waals surface area contributed by atoms with Crippen LogP contribution in [-0.2, 0) is 0 Å². The first-order chi connectivity index (χ1) is 11.1. The summed E-state index contributed by atoms with van der Waals surface area (Å²) in [6.45, 7) is 4.04. The Bertz CT molecular complexity index is 700. The molecule has 4 heteroatoms. The molecule has 0 bridgehead atoms. The normalized spacial score (nSPS) is 10.5. The summed E-state index contributed by atoms with van der Waals surface area (Å²) in [5.74, 6) is 0.676. The lowest BCUT2D eigenvalue weighted by molar-refractivity contribution is 0.101. The Morgan fingerprint density at radius 1 is 1.00 bits per heavy atom. The van der Waals surface area contributed by atoms with Crippen LogP contribution in [0.3, 0.4) is 0 Å². The fourth-order valence-corrected chi connectivity index (χ4v) is 1.99. The second-order valence-electron chi connectivity index (χ2n) is 4.93. The molecule has 0 fully saturated rings. The van der Waals surface area contributed by atoms with Crippen LogP contribution < -0.4 is 10.1 Å². The van der Waals surface area contributed by atoms with E-state index >= 15 is 0 Å². The maximum Gasteiger partial charge on any atom is 0.187 e. The van der Waals surface area contributed by atoms with E-state index in [2.05, 4.69) is 5.32 Å². The molecule has 0 aliphatic heterocycles. The smallest absolute Gasteiger partial charge is 0.187 e. The largest absolute Gasteiger partial charge is 0.494 e. The molecule has 0 aliphatic rings. The molecule has 2 rings (SSSR count). The number of allylic oxidation sites excluding steroid dienone is 1. The molecule has 0 heterocycles. The maximum atomic E-state index is 12.0. The van der Waals surface area contributed by atoms with Gasteiger partial charge in [0, 0.05) is 29.1 Å². The number of carbonyl (C=O) groups is 2. The van der Waals surface area contributed by atoms with Crippen LogP contribution in [0.15, 0.2) is 60.8 Å². The minimum absolute atomic E-state index is 0.0257. The Kier molecular flexibility index (Phi) is 5.69. The van der Waals surface area contributed by atoms with Crippen molar-refractivity contribution >= 4 is 17.3 Å². The standard InChI is InChI=1S/C19H19NO3/c1-3-23-18-10-6-16(7-11-18)19(22)12-13-20-17-8-4-15(5-9-17)14(2)21/h4-13,20H,3H2,1-2H3/b13-12+. The van der Waals surface area contributed by atoms with Gasteiger partial charge in [-0.15, -0.1) is 0 Å². The summed E-state index contributed by atoms with van der Waals surface area (Å²) in [4.78, 5) is 23.2. The van der Waals surface area contributed by atoms with E-state index in [9.17, 15) is 9.59 Å². The molecule has 0 aromatic heterocycles. The van der Waals surface area contributed by atoms with Crippen LogP contribution >= 0.6 is 0 Å². The van der Waals surface area contributed by atoms with E-state index in [4.69, 9.17) is 4.74 Å². The number of hydrogen-bond donors (Lipinski definition) is 1. The highest BCUT2D eigenvalue weighted by molar-refractivity contribution is 6.04. The molecule has 0 atom stereocenters. The van der Waals surface area contributed by atoms with Crippen molar-refractivity contribution < 1.29 is 14.3 Å².